The van der Waals surface area contributed by atoms with E-state index in [1.807, 2.05) is 0 Å². The molecular formula is C30H57NO5S. The molecule has 0 aliphatic rings. The van der Waals surface area contributed by atoms with E-state index in [1.54, 1.807) is 0 Å². The molecule has 37 heavy (non-hydrogen) atoms. The first-order chi connectivity index (χ1) is 17.8. The summed E-state index contributed by atoms with van der Waals surface area (Å²) in [6.45, 7) is 4.40. The summed E-state index contributed by atoms with van der Waals surface area (Å²) in [5.41, 5.74) is 0. The second-order valence-corrected chi connectivity index (χ2v) is 11.9. The lowest BCUT2D eigenvalue weighted by molar-refractivity contribution is -0.122. The van der Waals surface area contributed by atoms with Gasteiger partial charge in [0.25, 0.3) is 10.1 Å². The van der Waals surface area contributed by atoms with Crippen molar-refractivity contribution in [2.24, 2.45) is 0 Å². The number of carbonyl (C=O) groups is 1. The number of hydrogen-bond donors (Lipinski definition) is 3. The van der Waals surface area contributed by atoms with Gasteiger partial charge in [0.2, 0.25) is 5.91 Å². The van der Waals surface area contributed by atoms with Gasteiger partial charge in [-0.25, -0.2) is 0 Å². The highest BCUT2D eigenvalue weighted by Crippen LogP contribution is 2.13. The quantitative estimate of drug-likeness (QED) is 0.0590. The summed E-state index contributed by atoms with van der Waals surface area (Å²) in [6.07, 6.45) is 28.5. The molecule has 0 fully saturated rings. The minimum absolute atomic E-state index is 0.265. The molecule has 1 amide bonds. The lowest BCUT2D eigenvalue weighted by Crippen LogP contribution is -2.47. The molecule has 0 aliphatic carbocycles. The second kappa shape index (κ2) is 25.1. The standard InChI is InChI=1S/C30H57NO5S/c1-3-5-7-9-11-13-14-15-16-17-18-20-22-24-26-30(33)31-28(27-37(34,35)36)29(32)25-23-21-19-12-10-8-6-4-2/h9,11,14-15,28-29,32H,3-8,10,12-13,16-27H2,1-2H3,(H,31,33)(H,34,35,36)/b11-9-,15-14-. The van der Waals surface area contributed by atoms with Crippen LogP contribution in [-0.2, 0) is 14.9 Å². The number of carbonyl (C=O) groups excluding carboxylic acids is 1. The van der Waals surface area contributed by atoms with Crippen molar-refractivity contribution in [3.05, 3.63) is 24.3 Å². The Balaban J connectivity index is 4.04. The van der Waals surface area contributed by atoms with Crippen molar-refractivity contribution in [1.82, 2.24) is 5.32 Å². The van der Waals surface area contributed by atoms with E-state index in [9.17, 15) is 22.9 Å². The first-order valence-electron chi connectivity index (χ1n) is 15.0. The maximum atomic E-state index is 12.4. The zero-order chi connectivity index (χ0) is 27.6. The van der Waals surface area contributed by atoms with Crippen molar-refractivity contribution in [2.75, 3.05) is 5.75 Å². The number of rotatable bonds is 26. The fourth-order valence-corrected chi connectivity index (χ4v) is 5.11. The number of aliphatic hydroxyl groups is 1. The molecule has 0 aliphatic heterocycles. The highest BCUT2D eigenvalue weighted by molar-refractivity contribution is 7.85. The predicted molar refractivity (Wildman–Crippen MR) is 156 cm³/mol. The smallest absolute Gasteiger partial charge is 0.266 e. The highest BCUT2D eigenvalue weighted by Gasteiger charge is 2.25. The second-order valence-electron chi connectivity index (χ2n) is 10.4. The van der Waals surface area contributed by atoms with Crippen molar-refractivity contribution >= 4 is 16.0 Å². The molecule has 0 radical (unpaired) electrons. The minimum Gasteiger partial charge on any atom is -0.391 e. The van der Waals surface area contributed by atoms with Crippen LogP contribution in [0.5, 0.6) is 0 Å². The van der Waals surface area contributed by atoms with Crippen LogP contribution in [0.25, 0.3) is 0 Å². The van der Waals surface area contributed by atoms with Crippen molar-refractivity contribution in [3.8, 4) is 0 Å². The molecule has 0 rings (SSSR count). The third-order valence-corrected chi connectivity index (χ3v) is 7.44. The lowest BCUT2D eigenvalue weighted by Gasteiger charge is -2.23. The van der Waals surface area contributed by atoms with Gasteiger partial charge in [0.05, 0.1) is 17.9 Å². The van der Waals surface area contributed by atoms with Crippen LogP contribution in [0.4, 0.5) is 0 Å². The summed E-state index contributed by atoms with van der Waals surface area (Å²) >= 11 is 0. The van der Waals surface area contributed by atoms with Gasteiger partial charge in [-0.2, -0.15) is 8.42 Å². The van der Waals surface area contributed by atoms with Crippen LogP contribution < -0.4 is 5.32 Å². The Hall–Kier alpha value is -1.18. The van der Waals surface area contributed by atoms with E-state index in [1.165, 1.54) is 51.4 Å². The van der Waals surface area contributed by atoms with E-state index in [0.717, 1.165) is 64.2 Å². The third-order valence-electron chi connectivity index (χ3n) is 6.66. The highest BCUT2D eigenvalue weighted by atomic mass is 32.2. The fraction of sp³-hybridized carbons (Fsp3) is 0.833. The van der Waals surface area contributed by atoms with Gasteiger partial charge in [0.15, 0.2) is 0 Å². The van der Waals surface area contributed by atoms with E-state index in [0.29, 0.717) is 12.8 Å². The first kappa shape index (κ1) is 35.8. The topological polar surface area (TPSA) is 104 Å². The zero-order valence-electron chi connectivity index (χ0n) is 23.8. The first-order valence-corrected chi connectivity index (χ1v) is 16.6. The lowest BCUT2D eigenvalue weighted by atomic mass is 10.0. The van der Waals surface area contributed by atoms with Gasteiger partial charge in [-0.1, -0.05) is 122 Å². The Morgan fingerprint density at radius 3 is 1.84 bits per heavy atom. The normalized spacial score (nSPS) is 13.9. The van der Waals surface area contributed by atoms with Crippen LogP contribution in [0.2, 0.25) is 0 Å². The maximum Gasteiger partial charge on any atom is 0.266 e. The molecule has 6 nitrogen and oxygen atoms in total. The Bertz CT molecular complexity index is 690. The summed E-state index contributed by atoms with van der Waals surface area (Å²) in [4.78, 5) is 12.4. The van der Waals surface area contributed by atoms with Gasteiger partial charge in [-0.15, -0.1) is 0 Å². The average molecular weight is 544 g/mol. The van der Waals surface area contributed by atoms with Crippen LogP contribution in [0.15, 0.2) is 24.3 Å². The largest absolute Gasteiger partial charge is 0.391 e. The molecule has 0 saturated heterocycles. The Kier molecular flexibility index (Phi) is 24.3. The van der Waals surface area contributed by atoms with E-state index < -0.39 is 28.0 Å². The maximum absolute atomic E-state index is 12.4. The minimum atomic E-state index is -4.30. The summed E-state index contributed by atoms with van der Waals surface area (Å²) in [7, 11) is -4.30. The molecule has 0 aromatic rings. The molecule has 0 spiro atoms. The van der Waals surface area contributed by atoms with Crippen LogP contribution in [0.1, 0.15) is 142 Å². The number of unbranched alkanes of at least 4 members (excludes halogenated alkanes) is 14. The van der Waals surface area contributed by atoms with Gasteiger partial charge in [-0.3, -0.25) is 9.35 Å². The van der Waals surface area contributed by atoms with Crippen molar-refractivity contribution in [2.45, 2.75) is 154 Å². The molecule has 7 heteroatoms. The monoisotopic (exact) mass is 543 g/mol. The fourth-order valence-electron chi connectivity index (χ4n) is 4.35. The average Bonchev–Trinajstić information content (AvgIpc) is 2.84. The number of nitrogens with one attached hydrogen (secondary N) is 1. The molecule has 0 bridgehead atoms. The Morgan fingerprint density at radius 2 is 1.24 bits per heavy atom. The molecule has 2 unspecified atom stereocenters. The van der Waals surface area contributed by atoms with Crippen molar-refractivity contribution in [1.29, 1.82) is 0 Å². The summed E-state index contributed by atoms with van der Waals surface area (Å²) in [6, 6.07) is -0.972. The Labute approximate surface area is 228 Å². The molecule has 0 aromatic carbocycles. The van der Waals surface area contributed by atoms with Crippen LogP contribution in [0.3, 0.4) is 0 Å². The summed E-state index contributed by atoms with van der Waals surface area (Å²) < 4.78 is 32.1. The third kappa shape index (κ3) is 26.2. The van der Waals surface area contributed by atoms with Crippen molar-refractivity contribution < 1.29 is 22.9 Å². The molecule has 2 atom stereocenters. The van der Waals surface area contributed by atoms with E-state index in [-0.39, 0.29) is 5.91 Å². The molecule has 0 saturated carbocycles. The molecular weight excluding hydrogens is 486 g/mol. The molecule has 0 heterocycles. The number of allylic oxidation sites excluding steroid dienone is 4. The summed E-state index contributed by atoms with van der Waals surface area (Å²) in [5, 5.41) is 13.1. The van der Waals surface area contributed by atoms with E-state index in [4.69, 9.17) is 0 Å². The number of amides is 1. The predicted octanol–water partition coefficient (Wildman–Crippen LogP) is 7.67. The summed E-state index contributed by atoms with van der Waals surface area (Å²) in [5.74, 6) is -0.919. The zero-order valence-corrected chi connectivity index (χ0v) is 24.7. The molecule has 0 aromatic heterocycles. The van der Waals surface area contributed by atoms with E-state index >= 15 is 0 Å². The Morgan fingerprint density at radius 1 is 0.730 bits per heavy atom. The van der Waals surface area contributed by atoms with Crippen LogP contribution >= 0.6 is 0 Å². The van der Waals surface area contributed by atoms with Gasteiger partial charge in [0, 0.05) is 6.42 Å². The van der Waals surface area contributed by atoms with E-state index in [2.05, 4.69) is 43.5 Å². The van der Waals surface area contributed by atoms with Gasteiger partial charge in [0.1, 0.15) is 0 Å². The van der Waals surface area contributed by atoms with Gasteiger partial charge >= 0.3 is 0 Å². The number of aliphatic hydroxyl groups excluding tert-OH is 1. The van der Waals surface area contributed by atoms with Gasteiger partial charge < -0.3 is 10.4 Å². The molecule has 3 N–H and O–H groups in total. The van der Waals surface area contributed by atoms with Crippen molar-refractivity contribution in [3.63, 3.8) is 0 Å². The van der Waals surface area contributed by atoms with Crippen LogP contribution in [0, 0.1) is 0 Å². The molecule has 218 valence electrons. The van der Waals surface area contributed by atoms with Crippen LogP contribution in [-0.4, -0.2) is 41.9 Å². The SMILES string of the molecule is CCCC/C=C\C/C=C\CCCCCCCC(=O)NC(CS(=O)(=O)O)C(O)CCCCCCCCCC. The van der Waals surface area contributed by atoms with Gasteiger partial charge in [-0.05, 0) is 38.5 Å². The number of hydrogen-bond acceptors (Lipinski definition) is 4.